The zero-order chi connectivity index (χ0) is 18.8. The fourth-order valence-corrected chi connectivity index (χ4v) is 2.24. The van der Waals surface area contributed by atoms with Gasteiger partial charge in [0.15, 0.2) is 0 Å². The van der Waals surface area contributed by atoms with Crippen molar-refractivity contribution in [3.05, 3.63) is 64.2 Å². The molecule has 0 aliphatic carbocycles. The second-order valence-electron chi connectivity index (χ2n) is 5.24. The summed E-state index contributed by atoms with van der Waals surface area (Å²) >= 11 is 0. The van der Waals surface area contributed by atoms with Crippen LogP contribution in [0.5, 0.6) is 5.75 Å². The van der Waals surface area contributed by atoms with Gasteiger partial charge in [-0.1, -0.05) is 12.1 Å². The maximum Gasteiger partial charge on any atom is 0.416 e. The number of alkyl halides is 6. The zero-order valence-corrected chi connectivity index (χ0v) is 12.8. The summed E-state index contributed by atoms with van der Waals surface area (Å²) in [5.74, 6) is 0.120. The van der Waals surface area contributed by atoms with Gasteiger partial charge >= 0.3 is 12.4 Å². The van der Waals surface area contributed by atoms with Crippen molar-refractivity contribution in [2.24, 2.45) is 0 Å². The molecule has 0 spiro atoms. The van der Waals surface area contributed by atoms with Crippen molar-refractivity contribution in [1.29, 1.82) is 0 Å². The van der Waals surface area contributed by atoms with Crippen molar-refractivity contribution in [1.82, 2.24) is 0 Å². The van der Waals surface area contributed by atoms with Gasteiger partial charge in [-0.3, -0.25) is 4.79 Å². The van der Waals surface area contributed by atoms with Crippen LogP contribution < -0.4 is 4.74 Å². The number of rotatable bonds is 4. The van der Waals surface area contributed by atoms with Gasteiger partial charge in [0.25, 0.3) is 0 Å². The Bertz CT molecular complexity index is 778. The SMILES string of the molecule is Cc1c(C=O)cccc1OCc1cc(C(F)(F)F)ccc1C(F)(F)F. The van der Waals surface area contributed by atoms with Crippen molar-refractivity contribution in [3.63, 3.8) is 0 Å². The van der Waals surface area contributed by atoms with E-state index in [9.17, 15) is 31.1 Å². The van der Waals surface area contributed by atoms with Crippen LogP contribution in [0.1, 0.15) is 32.6 Å². The molecule has 25 heavy (non-hydrogen) atoms. The minimum atomic E-state index is -4.82. The van der Waals surface area contributed by atoms with Crippen LogP contribution in [-0.4, -0.2) is 6.29 Å². The first-order chi connectivity index (χ1) is 11.5. The first-order valence-corrected chi connectivity index (χ1v) is 6.99. The average Bonchev–Trinajstić information content (AvgIpc) is 2.52. The van der Waals surface area contributed by atoms with Crippen molar-refractivity contribution in [2.75, 3.05) is 0 Å². The van der Waals surface area contributed by atoms with Gasteiger partial charge in [0.1, 0.15) is 18.6 Å². The molecule has 0 atom stereocenters. The van der Waals surface area contributed by atoms with Gasteiger partial charge < -0.3 is 4.74 Å². The summed E-state index contributed by atoms with van der Waals surface area (Å²) in [6.07, 6.45) is -9.04. The molecule has 0 N–H and O–H groups in total. The Morgan fingerprint density at radius 3 is 2.24 bits per heavy atom. The van der Waals surface area contributed by atoms with E-state index in [1.165, 1.54) is 25.1 Å². The van der Waals surface area contributed by atoms with Crippen LogP contribution in [0.25, 0.3) is 0 Å². The summed E-state index contributed by atoms with van der Waals surface area (Å²) in [5.41, 5.74) is -2.38. The predicted molar refractivity (Wildman–Crippen MR) is 77.3 cm³/mol. The van der Waals surface area contributed by atoms with E-state index < -0.39 is 35.6 Å². The number of hydrogen-bond acceptors (Lipinski definition) is 2. The van der Waals surface area contributed by atoms with Gasteiger partial charge in [-0.2, -0.15) is 26.3 Å². The molecule has 0 fully saturated rings. The maximum absolute atomic E-state index is 13.0. The highest BCUT2D eigenvalue weighted by Gasteiger charge is 2.37. The lowest BCUT2D eigenvalue weighted by Gasteiger charge is -2.17. The third kappa shape index (κ3) is 4.32. The number of hydrogen-bond donors (Lipinski definition) is 0. The van der Waals surface area contributed by atoms with Gasteiger partial charge in [0.2, 0.25) is 0 Å². The normalized spacial score (nSPS) is 12.1. The summed E-state index contributed by atoms with van der Waals surface area (Å²) < 4.78 is 82.6. The molecule has 0 aliphatic heterocycles. The van der Waals surface area contributed by atoms with Crippen molar-refractivity contribution in [3.8, 4) is 5.75 Å². The molecule has 0 saturated heterocycles. The Balaban J connectivity index is 2.39. The summed E-state index contributed by atoms with van der Waals surface area (Å²) in [7, 11) is 0. The summed E-state index contributed by atoms with van der Waals surface area (Å²) in [6, 6.07) is 5.55. The molecule has 0 amide bonds. The lowest BCUT2D eigenvalue weighted by Crippen LogP contribution is -2.14. The van der Waals surface area contributed by atoms with E-state index in [-0.39, 0.29) is 11.3 Å². The highest BCUT2D eigenvalue weighted by Crippen LogP contribution is 2.37. The molecule has 2 rings (SSSR count). The fourth-order valence-electron chi connectivity index (χ4n) is 2.24. The second kappa shape index (κ2) is 6.78. The van der Waals surface area contributed by atoms with Crippen LogP contribution in [0.4, 0.5) is 26.3 Å². The molecular weight excluding hydrogens is 350 g/mol. The van der Waals surface area contributed by atoms with Crippen LogP contribution >= 0.6 is 0 Å². The second-order valence-corrected chi connectivity index (χ2v) is 5.24. The molecule has 134 valence electrons. The summed E-state index contributed by atoms with van der Waals surface area (Å²) in [5, 5.41) is 0. The first kappa shape index (κ1) is 18.8. The molecule has 0 aliphatic rings. The number of halogens is 6. The Kier molecular flexibility index (Phi) is 5.10. The van der Waals surface area contributed by atoms with Crippen molar-refractivity contribution in [2.45, 2.75) is 25.9 Å². The van der Waals surface area contributed by atoms with Gasteiger partial charge in [-0.05, 0) is 31.2 Å². The molecule has 0 bridgehead atoms. The first-order valence-electron chi connectivity index (χ1n) is 6.99. The quantitative estimate of drug-likeness (QED) is 0.536. The largest absolute Gasteiger partial charge is 0.489 e. The third-order valence-electron chi connectivity index (χ3n) is 3.57. The predicted octanol–water partition coefficient (Wildman–Crippen LogP) is 5.42. The smallest absolute Gasteiger partial charge is 0.416 e. The number of aldehydes is 1. The van der Waals surface area contributed by atoms with Crippen LogP contribution in [0.15, 0.2) is 36.4 Å². The van der Waals surface area contributed by atoms with E-state index in [2.05, 4.69) is 0 Å². The van der Waals surface area contributed by atoms with E-state index in [0.29, 0.717) is 30.0 Å². The number of ether oxygens (including phenoxy) is 1. The zero-order valence-electron chi connectivity index (χ0n) is 12.8. The Morgan fingerprint density at radius 1 is 1.00 bits per heavy atom. The Labute approximate surface area is 139 Å². The molecule has 2 aromatic rings. The molecule has 0 unspecified atom stereocenters. The standard InChI is InChI=1S/C17H12F6O2/c1-10-11(8-24)3-2-4-15(10)25-9-12-7-13(16(18,19)20)5-6-14(12)17(21,22)23/h2-8H,9H2,1H3. The van der Waals surface area contributed by atoms with E-state index >= 15 is 0 Å². The number of benzene rings is 2. The molecule has 2 nitrogen and oxygen atoms in total. The number of carbonyl (C=O) groups excluding carboxylic acids is 1. The molecule has 0 aromatic heterocycles. The maximum atomic E-state index is 13.0. The minimum Gasteiger partial charge on any atom is -0.489 e. The van der Waals surface area contributed by atoms with Crippen molar-refractivity contribution >= 4 is 6.29 Å². The van der Waals surface area contributed by atoms with E-state index in [1.54, 1.807) is 0 Å². The van der Waals surface area contributed by atoms with E-state index in [1.807, 2.05) is 0 Å². The highest BCUT2D eigenvalue weighted by molar-refractivity contribution is 5.78. The number of carbonyl (C=O) groups is 1. The average molecular weight is 362 g/mol. The molecule has 0 radical (unpaired) electrons. The van der Waals surface area contributed by atoms with Crippen LogP contribution in [0, 0.1) is 6.92 Å². The van der Waals surface area contributed by atoms with Gasteiger partial charge in [-0.25, -0.2) is 0 Å². The molecule has 8 heteroatoms. The minimum absolute atomic E-state index is 0.120. The van der Waals surface area contributed by atoms with Crippen molar-refractivity contribution < 1.29 is 35.9 Å². The summed E-state index contributed by atoms with van der Waals surface area (Å²) in [4.78, 5) is 10.9. The molecule has 2 aromatic carbocycles. The van der Waals surface area contributed by atoms with E-state index in [0.717, 1.165) is 0 Å². The van der Waals surface area contributed by atoms with Gasteiger partial charge in [0.05, 0.1) is 11.1 Å². The van der Waals surface area contributed by atoms with Gasteiger partial charge in [0, 0.05) is 16.7 Å². The topological polar surface area (TPSA) is 26.3 Å². The van der Waals surface area contributed by atoms with Crippen LogP contribution in [0.2, 0.25) is 0 Å². The van der Waals surface area contributed by atoms with E-state index in [4.69, 9.17) is 4.74 Å². The highest BCUT2D eigenvalue weighted by atomic mass is 19.4. The lowest BCUT2D eigenvalue weighted by atomic mass is 10.0. The lowest BCUT2D eigenvalue weighted by molar-refractivity contribution is -0.142. The molecular formula is C17H12F6O2. The van der Waals surface area contributed by atoms with Gasteiger partial charge in [-0.15, -0.1) is 0 Å². The fraction of sp³-hybridized carbons (Fsp3) is 0.235. The molecule has 0 heterocycles. The third-order valence-corrected chi connectivity index (χ3v) is 3.57. The Morgan fingerprint density at radius 2 is 1.68 bits per heavy atom. The monoisotopic (exact) mass is 362 g/mol. The summed E-state index contributed by atoms with van der Waals surface area (Å²) in [6.45, 7) is 0.803. The van der Waals surface area contributed by atoms with Crippen LogP contribution in [-0.2, 0) is 19.0 Å². The molecule has 0 saturated carbocycles. The Hall–Kier alpha value is -2.51. The van der Waals surface area contributed by atoms with Crippen LogP contribution in [0.3, 0.4) is 0 Å².